The van der Waals surface area contributed by atoms with Crippen LogP contribution in [0.1, 0.15) is 56.9 Å². The predicted octanol–water partition coefficient (Wildman–Crippen LogP) is 5.52. The van der Waals surface area contributed by atoms with E-state index in [0.717, 1.165) is 12.4 Å². The van der Waals surface area contributed by atoms with E-state index in [2.05, 4.69) is 18.7 Å². The van der Waals surface area contributed by atoms with E-state index in [1.807, 2.05) is 18.2 Å². The minimum absolute atomic E-state index is 0.700. The van der Waals surface area contributed by atoms with E-state index in [4.69, 9.17) is 9.47 Å². The van der Waals surface area contributed by atoms with E-state index < -0.39 is 0 Å². The van der Waals surface area contributed by atoms with Crippen molar-refractivity contribution in [3.05, 3.63) is 42.5 Å². The van der Waals surface area contributed by atoms with Gasteiger partial charge in [-0.3, -0.25) is 0 Å². The van der Waals surface area contributed by atoms with E-state index in [9.17, 15) is 0 Å². The molecule has 2 heteroatoms. The molecule has 21 heavy (non-hydrogen) atoms. The molecule has 0 aliphatic heterocycles. The van der Waals surface area contributed by atoms with Crippen molar-refractivity contribution in [1.82, 2.24) is 0 Å². The number of methoxy groups -OCH3 is 1. The van der Waals surface area contributed by atoms with Crippen LogP contribution in [0.4, 0.5) is 0 Å². The van der Waals surface area contributed by atoms with Gasteiger partial charge in [-0.1, -0.05) is 50.3 Å². The van der Waals surface area contributed by atoms with Crippen LogP contribution in [0.3, 0.4) is 0 Å². The van der Waals surface area contributed by atoms with Crippen LogP contribution in [-0.2, 0) is 11.3 Å². The first-order valence-corrected chi connectivity index (χ1v) is 8.18. The van der Waals surface area contributed by atoms with Crippen LogP contribution in [0.25, 0.3) is 0 Å². The molecule has 0 aliphatic carbocycles. The maximum absolute atomic E-state index is 5.70. The van der Waals surface area contributed by atoms with Crippen molar-refractivity contribution < 1.29 is 9.47 Å². The summed E-state index contributed by atoms with van der Waals surface area (Å²) < 4.78 is 10.8. The zero-order valence-corrected chi connectivity index (χ0v) is 13.5. The van der Waals surface area contributed by atoms with Crippen molar-refractivity contribution in [3.63, 3.8) is 0 Å². The SMILES string of the molecule is C=CCCCCCCCCCOCc1ccc(OC)cc1. The number of ether oxygens (including phenoxy) is 2. The number of rotatable bonds is 13. The van der Waals surface area contributed by atoms with Crippen molar-refractivity contribution >= 4 is 0 Å². The van der Waals surface area contributed by atoms with Crippen LogP contribution in [0.2, 0.25) is 0 Å². The molecule has 1 rings (SSSR count). The molecular weight excluding hydrogens is 260 g/mol. The van der Waals surface area contributed by atoms with Crippen LogP contribution in [0.15, 0.2) is 36.9 Å². The van der Waals surface area contributed by atoms with Gasteiger partial charge in [0.25, 0.3) is 0 Å². The Hall–Kier alpha value is -1.28. The molecule has 0 aliphatic rings. The van der Waals surface area contributed by atoms with Gasteiger partial charge in [0.05, 0.1) is 13.7 Å². The van der Waals surface area contributed by atoms with Gasteiger partial charge in [0.2, 0.25) is 0 Å². The van der Waals surface area contributed by atoms with Gasteiger partial charge in [0.1, 0.15) is 5.75 Å². The summed E-state index contributed by atoms with van der Waals surface area (Å²) in [6, 6.07) is 8.07. The van der Waals surface area contributed by atoms with Crippen LogP contribution in [0, 0.1) is 0 Å². The summed E-state index contributed by atoms with van der Waals surface area (Å²) in [5, 5.41) is 0. The van der Waals surface area contributed by atoms with Gasteiger partial charge in [0.15, 0.2) is 0 Å². The van der Waals surface area contributed by atoms with Crippen LogP contribution < -0.4 is 4.74 Å². The normalized spacial score (nSPS) is 10.5. The highest BCUT2D eigenvalue weighted by atomic mass is 16.5. The average molecular weight is 290 g/mol. The standard InChI is InChI=1S/C19H30O2/c1-3-4-5-6-7-8-9-10-11-16-21-17-18-12-14-19(20-2)15-13-18/h3,12-15H,1,4-11,16-17H2,2H3. The quantitative estimate of drug-likeness (QED) is 0.352. The van der Waals surface area contributed by atoms with Gasteiger partial charge in [-0.05, 0) is 37.0 Å². The molecule has 0 saturated heterocycles. The highest BCUT2D eigenvalue weighted by molar-refractivity contribution is 5.26. The number of hydrogen-bond acceptors (Lipinski definition) is 2. The molecule has 0 fully saturated rings. The zero-order chi connectivity index (χ0) is 15.2. The van der Waals surface area contributed by atoms with E-state index in [0.29, 0.717) is 6.61 Å². The molecule has 0 spiro atoms. The molecule has 2 nitrogen and oxygen atoms in total. The lowest BCUT2D eigenvalue weighted by atomic mass is 10.1. The monoisotopic (exact) mass is 290 g/mol. The summed E-state index contributed by atoms with van der Waals surface area (Å²) in [5.41, 5.74) is 1.21. The maximum Gasteiger partial charge on any atom is 0.118 e. The molecule has 0 bridgehead atoms. The van der Waals surface area contributed by atoms with Gasteiger partial charge < -0.3 is 9.47 Å². The molecule has 0 saturated carbocycles. The molecule has 0 unspecified atom stereocenters. The summed E-state index contributed by atoms with van der Waals surface area (Å²) in [5.74, 6) is 0.895. The Morgan fingerprint density at radius 1 is 0.905 bits per heavy atom. The fourth-order valence-corrected chi connectivity index (χ4v) is 2.29. The number of hydrogen-bond donors (Lipinski definition) is 0. The minimum atomic E-state index is 0.700. The Bertz CT molecular complexity index is 356. The lowest BCUT2D eigenvalue weighted by Crippen LogP contribution is -1.96. The second-order valence-electron chi connectivity index (χ2n) is 5.45. The van der Waals surface area contributed by atoms with E-state index >= 15 is 0 Å². The largest absolute Gasteiger partial charge is 0.497 e. The van der Waals surface area contributed by atoms with E-state index in [1.54, 1.807) is 7.11 Å². The summed E-state index contributed by atoms with van der Waals surface area (Å²) in [6.07, 6.45) is 12.3. The molecule has 1 aromatic rings. The van der Waals surface area contributed by atoms with Gasteiger partial charge in [-0.25, -0.2) is 0 Å². The molecule has 0 radical (unpaired) electrons. The van der Waals surface area contributed by atoms with Gasteiger partial charge in [-0.2, -0.15) is 0 Å². The number of unbranched alkanes of at least 4 members (excludes halogenated alkanes) is 7. The van der Waals surface area contributed by atoms with Gasteiger partial charge in [0, 0.05) is 6.61 Å². The van der Waals surface area contributed by atoms with Gasteiger partial charge in [-0.15, -0.1) is 6.58 Å². The zero-order valence-electron chi connectivity index (χ0n) is 13.5. The van der Waals surface area contributed by atoms with Crippen molar-refractivity contribution in [2.75, 3.05) is 13.7 Å². The van der Waals surface area contributed by atoms with Crippen molar-refractivity contribution in [2.24, 2.45) is 0 Å². The molecule has 0 atom stereocenters. The first kappa shape index (κ1) is 17.8. The molecular formula is C19H30O2. The third-order valence-corrected chi connectivity index (χ3v) is 3.62. The second kappa shape index (κ2) is 12.5. The Morgan fingerprint density at radius 2 is 1.52 bits per heavy atom. The van der Waals surface area contributed by atoms with E-state index in [1.165, 1.54) is 56.9 Å². The fourth-order valence-electron chi connectivity index (χ4n) is 2.29. The summed E-state index contributed by atoms with van der Waals surface area (Å²) in [4.78, 5) is 0. The first-order valence-electron chi connectivity index (χ1n) is 8.18. The molecule has 0 heterocycles. The maximum atomic E-state index is 5.70. The Labute approximate surface area is 130 Å². The lowest BCUT2D eigenvalue weighted by molar-refractivity contribution is 0.116. The van der Waals surface area contributed by atoms with Crippen molar-refractivity contribution in [1.29, 1.82) is 0 Å². The fraction of sp³-hybridized carbons (Fsp3) is 0.579. The number of allylic oxidation sites excluding steroid dienone is 1. The Balaban J connectivity index is 1.89. The van der Waals surface area contributed by atoms with Crippen LogP contribution in [0.5, 0.6) is 5.75 Å². The topological polar surface area (TPSA) is 18.5 Å². The molecule has 1 aromatic carbocycles. The first-order chi connectivity index (χ1) is 10.4. The molecule has 0 aromatic heterocycles. The molecule has 0 N–H and O–H groups in total. The highest BCUT2D eigenvalue weighted by Crippen LogP contribution is 2.12. The van der Waals surface area contributed by atoms with Crippen molar-refractivity contribution in [3.8, 4) is 5.75 Å². The summed E-state index contributed by atoms with van der Waals surface area (Å²) >= 11 is 0. The second-order valence-corrected chi connectivity index (χ2v) is 5.45. The Kier molecular flexibility index (Phi) is 10.5. The average Bonchev–Trinajstić information content (AvgIpc) is 2.53. The van der Waals surface area contributed by atoms with Gasteiger partial charge >= 0.3 is 0 Å². The lowest BCUT2D eigenvalue weighted by Gasteiger charge is -2.06. The highest BCUT2D eigenvalue weighted by Gasteiger charge is 1.96. The predicted molar refractivity (Wildman–Crippen MR) is 89.8 cm³/mol. The third-order valence-electron chi connectivity index (χ3n) is 3.62. The van der Waals surface area contributed by atoms with Crippen LogP contribution in [-0.4, -0.2) is 13.7 Å². The smallest absolute Gasteiger partial charge is 0.118 e. The summed E-state index contributed by atoms with van der Waals surface area (Å²) in [7, 11) is 1.69. The van der Waals surface area contributed by atoms with Crippen molar-refractivity contribution in [2.45, 2.75) is 58.0 Å². The summed E-state index contributed by atoms with van der Waals surface area (Å²) in [6.45, 7) is 5.31. The minimum Gasteiger partial charge on any atom is -0.497 e. The molecule has 0 amide bonds. The van der Waals surface area contributed by atoms with E-state index in [-0.39, 0.29) is 0 Å². The van der Waals surface area contributed by atoms with Crippen LogP contribution >= 0.6 is 0 Å². The Morgan fingerprint density at radius 3 is 2.14 bits per heavy atom. The molecule has 118 valence electrons. The number of benzene rings is 1. The third kappa shape index (κ3) is 9.30.